The second-order valence-electron chi connectivity index (χ2n) is 3.51. The van der Waals surface area contributed by atoms with Gasteiger partial charge in [-0.3, -0.25) is 4.40 Å². The number of aryl methyl sites for hydroxylation is 1. The van der Waals surface area contributed by atoms with E-state index in [9.17, 15) is 0 Å². The fourth-order valence-electron chi connectivity index (χ4n) is 1.73. The maximum absolute atomic E-state index is 5.62. The van der Waals surface area contributed by atoms with E-state index >= 15 is 0 Å². The number of hydrogen-bond acceptors (Lipinski definition) is 4. The fraction of sp³-hybridized carbons (Fsp3) is 0.200. The largest absolute Gasteiger partial charge is 0.324 e. The summed E-state index contributed by atoms with van der Waals surface area (Å²) in [5.41, 5.74) is 8.02. The monoisotopic (exact) mass is 218 g/mol. The molecule has 3 rings (SSSR count). The van der Waals surface area contributed by atoms with Gasteiger partial charge in [0.05, 0.1) is 16.8 Å². The third-order valence-electron chi connectivity index (χ3n) is 2.44. The highest BCUT2D eigenvalue weighted by atomic mass is 32.1. The lowest BCUT2D eigenvalue weighted by molar-refractivity contribution is 0.895. The van der Waals surface area contributed by atoms with Crippen LogP contribution >= 0.6 is 11.3 Å². The van der Waals surface area contributed by atoms with Crippen LogP contribution in [-0.4, -0.2) is 14.6 Å². The van der Waals surface area contributed by atoms with Gasteiger partial charge < -0.3 is 5.73 Å². The third-order valence-corrected chi connectivity index (χ3v) is 3.43. The molecule has 2 heterocycles. The number of rotatable bonds is 1. The van der Waals surface area contributed by atoms with Crippen LogP contribution in [0, 0.1) is 6.92 Å². The molecule has 5 heteroatoms. The molecular formula is C10H10N4S. The Bertz CT molecular complexity index is 637. The summed E-state index contributed by atoms with van der Waals surface area (Å²) < 4.78 is 3.26. The van der Waals surface area contributed by atoms with E-state index in [2.05, 4.69) is 35.3 Å². The second kappa shape index (κ2) is 3.01. The van der Waals surface area contributed by atoms with Crippen LogP contribution in [-0.2, 0) is 6.54 Å². The van der Waals surface area contributed by atoms with Crippen molar-refractivity contribution in [1.29, 1.82) is 0 Å². The fourth-order valence-corrected chi connectivity index (χ4v) is 2.81. The molecule has 0 aliphatic carbocycles. The minimum absolute atomic E-state index is 0.418. The molecule has 0 spiro atoms. The Morgan fingerprint density at radius 2 is 2.27 bits per heavy atom. The van der Waals surface area contributed by atoms with Crippen LogP contribution in [0.25, 0.3) is 15.2 Å². The summed E-state index contributed by atoms with van der Waals surface area (Å²) in [5.74, 6) is 0.820. The molecule has 2 aromatic heterocycles. The maximum Gasteiger partial charge on any atom is 0.217 e. The van der Waals surface area contributed by atoms with Crippen molar-refractivity contribution in [3.8, 4) is 0 Å². The van der Waals surface area contributed by atoms with Crippen LogP contribution in [0.15, 0.2) is 18.2 Å². The molecule has 0 bridgehead atoms. The van der Waals surface area contributed by atoms with Crippen LogP contribution in [0.2, 0.25) is 0 Å². The van der Waals surface area contributed by atoms with Gasteiger partial charge in [-0.25, -0.2) is 0 Å². The average molecular weight is 218 g/mol. The molecule has 0 unspecified atom stereocenters. The molecule has 1 aromatic carbocycles. The van der Waals surface area contributed by atoms with Crippen molar-refractivity contribution in [2.45, 2.75) is 13.5 Å². The van der Waals surface area contributed by atoms with E-state index < -0.39 is 0 Å². The molecular weight excluding hydrogens is 208 g/mol. The lowest BCUT2D eigenvalue weighted by Gasteiger charge is -1.95. The Balaban J connectivity index is 2.49. The van der Waals surface area contributed by atoms with Crippen LogP contribution < -0.4 is 5.73 Å². The highest BCUT2D eigenvalue weighted by Crippen LogP contribution is 2.26. The lowest BCUT2D eigenvalue weighted by atomic mass is 10.2. The highest BCUT2D eigenvalue weighted by Gasteiger charge is 2.10. The van der Waals surface area contributed by atoms with Gasteiger partial charge >= 0.3 is 0 Å². The SMILES string of the molecule is Cc1ccc2c(c1)sc1nnc(CN)n12. The van der Waals surface area contributed by atoms with Gasteiger partial charge in [-0.05, 0) is 24.6 Å². The van der Waals surface area contributed by atoms with Crippen molar-refractivity contribution in [2.24, 2.45) is 5.73 Å². The number of benzene rings is 1. The van der Waals surface area contributed by atoms with Crippen molar-refractivity contribution in [3.63, 3.8) is 0 Å². The van der Waals surface area contributed by atoms with Crippen molar-refractivity contribution in [2.75, 3.05) is 0 Å². The van der Waals surface area contributed by atoms with E-state index in [1.165, 1.54) is 10.3 Å². The summed E-state index contributed by atoms with van der Waals surface area (Å²) in [6.07, 6.45) is 0. The van der Waals surface area contributed by atoms with E-state index in [1.807, 2.05) is 4.40 Å². The minimum atomic E-state index is 0.418. The summed E-state index contributed by atoms with van der Waals surface area (Å²) in [6, 6.07) is 6.35. The zero-order valence-electron chi connectivity index (χ0n) is 8.27. The van der Waals surface area contributed by atoms with E-state index in [-0.39, 0.29) is 0 Å². The summed E-state index contributed by atoms with van der Waals surface area (Å²) >= 11 is 1.65. The van der Waals surface area contributed by atoms with Crippen molar-refractivity contribution < 1.29 is 0 Å². The Hall–Kier alpha value is -1.46. The van der Waals surface area contributed by atoms with E-state index in [1.54, 1.807) is 11.3 Å². The predicted octanol–water partition coefficient (Wildman–Crippen LogP) is 1.71. The van der Waals surface area contributed by atoms with Gasteiger partial charge in [0.15, 0.2) is 5.82 Å². The number of hydrogen-bond donors (Lipinski definition) is 1. The van der Waals surface area contributed by atoms with Crippen LogP contribution in [0.1, 0.15) is 11.4 Å². The van der Waals surface area contributed by atoms with Gasteiger partial charge in [0.1, 0.15) is 0 Å². The van der Waals surface area contributed by atoms with Gasteiger partial charge in [0, 0.05) is 0 Å². The molecule has 0 atom stereocenters. The lowest BCUT2D eigenvalue weighted by Crippen LogP contribution is -2.01. The molecule has 0 radical (unpaired) electrons. The molecule has 0 aliphatic heterocycles. The van der Waals surface area contributed by atoms with Gasteiger partial charge in [0.2, 0.25) is 4.96 Å². The summed E-state index contributed by atoms with van der Waals surface area (Å²) in [7, 11) is 0. The molecule has 15 heavy (non-hydrogen) atoms. The maximum atomic E-state index is 5.62. The quantitative estimate of drug-likeness (QED) is 0.676. The van der Waals surface area contributed by atoms with E-state index in [0.717, 1.165) is 16.3 Å². The van der Waals surface area contributed by atoms with Gasteiger partial charge in [-0.1, -0.05) is 17.4 Å². The Morgan fingerprint density at radius 3 is 3.07 bits per heavy atom. The molecule has 76 valence electrons. The molecule has 4 nitrogen and oxygen atoms in total. The van der Waals surface area contributed by atoms with Crippen LogP contribution in [0.3, 0.4) is 0 Å². The molecule has 0 amide bonds. The summed E-state index contributed by atoms with van der Waals surface area (Å²) in [6.45, 7) is 2.50. The highest BCUT2D eigenvalue weighted by molar-refractivity contribution is 7.23. The smallest absolute Gasteiger partial charge is 0.217 e. The van der Waals surface area contributed by atoms with E-state index in [4.69, 9.17) is 5.73 Å². The Kier molecular flexibility index (Phi) is 1.77. The second-order valence-corrected chi connectivity index (χ2v) is 4.52. The predicted molar refractivity (Wildman–Crippen MR) is 61.0 cm³/mol. The first-order chi connectivity index (χ1) is 7.29. The third kappa shape index (κ3) is 1.17. The van der Waals surface area contributed by atoms with Crippen LogP contribution in [0.4, 0.5) is 0 Å². The number of aromatic nitrogens is 3. The van der Waals surface area contributed by atoms with Crippen LogP contribution in [0.5, 0.6) is 0 Å². The molecule has 2 N–H and O–H groups in total. The van der Waals surface area contributed by atoms with Crippen molar-refractivity contribution >= 4 is 26.5 Å². The molecule has 0 aliphatic rings. The van der Waals surface area contributed by atoms with E-state index in [0.29, 0.717) is 6.54 Å². The first-order valence-electron chi connectivity index (χ1n) is 4.73. The van der Waals surface area contributed by atoms with Gasteiger partial charge in [-0.15, -0.1) is 10.2 Å². The zero-order valence-corrected chi connectivity index (χ0v) is 9.08. The minimum Gasteiger partial charge on any atom is -0.324 e. The first kappa shape index (κ1) is 8.82. The van der Waals surface area contributed by atoms with Crippen molar-refractivity contribution in [1.82, 2.24) is 14.6 Å². The van der Waals surface area contributed by atoms with Crippen molar-refractivity contribution in [3.05, 3.63) is 29.6 Å². The van der Waals surface area contributed by atoms with Gasteiger partial charge in [-0.2, -0.15) is 0 Å². The first-order valence-corrected chi connectivity index (χ1v) is 5.54. The molecule has 0 saturated carbocycles. The zero-order chi connectivity index (χ0) is 10.4. The summed E-state index contributed by atoms with van der Waals surface area (Å²) in [4.78, 5) is 0.913. The molecule has 0 saturated heterocycles. The summed E-state index contributed by atoms with van der Waals surface area (Å²) in [5, 5.41) is 8.15. The normalized spacial score (nSPS) is 11.6. The number of thiazole rings is 1. The Labute approximate surface area is 90.3 Å². The van der Waals surface area contributed by atoms with Gasteiger partial charge in [0.25, 0.3) is 0 Å². The average Bonchev–Trinajstić information content (AvgIpc) is 2.74. The number of fused-ring (bicyclic) bond motifs is 3. The topological polar surface area (TPSA) is 56.2 Å². The Morgan fingerprint density at radius 1 is 1.40 bits per heavy atom. The number of nitrogens with zero attached hydrogens (tertiary/aromatic N) is 3. The molecule has 3 aromatic rings. The molecule has 0 fully saturated rings. The standard InChI is InChI=1S/C10H10N4S/c1-6-2-3-7-8(4-6)15-10-13-12-9(5-11)14(7)10/h2-4H,5,11H2,1H3. The number of nitrogens with two attached hydrogens (primary N) is 1.